The summed E-state index contributed by atoms with van der Waals surface area (Å²) in [5.41, 5.74) is 4.01. The van der Waals surface area contributed by atoms with E-state index in [9.17, 15) is 14.4 Å². The molecular formula is C36H47N7O4. The first-order chi connectivity index (χ1) is 22.5. The van der Waals surface area contributed by atoms with Crippen LogP contribution < -0.4 is 15.4 Å². The van der Waals surface area contributed by atoms with Crippen molar-refractivity contribution < 1.29 is 19.1 Å². The van der Waals surface area contributed by atoms with E-state index in [1.807, 2.05) is 49.9 Å². The van der Waals surface area contributed by atoms with Crippen LogP contribution in [0.25, 0.3) is 17.0 Å². The SMILES string of the molecule is COc1cc(C2=CCCN(CCCC(=O)NC(C(=O)N3CCCC3C)C(C)(C)C)C2)ccc1NC(=O)c1cccc(-c2ccn[nH]2)n1. The smallest absolute Gasteiger partial charge is 0.274 e. The number of pyridine rings is 1. The highest BCUT2D eigenvalue weighted by molar-refractivity contribution is 6.04. The molecule has 47 heavy (non-hydrogen) atoms. The first kappa shape index (κ1) is 33.8. The molecule has 1 aromatic carbocycles. The van der Waals surface area contributed by atoms with Crippen LogP contribution >= 0.6 is 0 Å². The fraction of sp³-hybridized carbons (Fsp3) is 0.472. The largest absolute Gasteiger partial charge is 0.495 e. The number of hydrogen-bond donors (Lipinski definition) is 3. The number of hydrogen-bond acceptors (Lipinski definition) is 7. The molecule has 3 amide bonds. The third-order valence-electron chi connectivity index (χ3n) is 8.94. The Morgan fingerprint density at radius 3 is 2.66 bits per heavy atom. The van der Waals surface area contributed by atoms with E-state index in [1.54, 1.807) is 31.5 Å². The fourth-order valence-corrected chi connectivity index (χ4v) is 6.27. The summed E-state index contributed by atoms with van der Waals surface area (Å²) in [4.78, 5) is 48.2. The topological polar surface area (TPSA) is 133 Å². The molecule has 4 heterocycles. The molecule has 250 valence electrons. The summed E-state index contributed by atoms with van der Waals surface area (Å²) in [6.45, 7) is 11.3. The minimum absolute atomic E-state index is 0.0267. The van der Waals surface area contributed by atoms with E-state index < -0.39 is 6.04 Å². The molecule has 2 unspecified atom stereocenters. The number of rotatable bonds is 11. The molecule has 5 rings (SSSR count). The number of amides is 3. The number of anilines is 1. The molecule has 0 bridgehead atoms. The summed E-state index contributed by atoms with van der Waals surface area (Å²) < 4.78 is 5.66. The lowest BCUT2D eigenvalue weighted by Crippen LogP contribution is -2.55. The summed E-state index contributed by atoms with van der Waals surface area (Å²) >= 11 is 0. The molecular weight excluding hydrogens is 594 g/mol. The predicted octanol–water partition coefficient (Wildman–Crippen LogP) is 5.14. The highest BCUT2D eigenvalue weighted by Gasteiger charge is 2.38. The van der Waals surface area contributed by atoms with Crippen molar-refractivity contribution in [1.29, 1.82) is 0 Å². The standard InChI is InChI=1S/C36H47N7O4/c1-24-10-7-21-43(24)35(46)33(36(2,3)4)40-32(44)14-9-20-42-19-8-11-26(23-42)25-15-16-29(31(22-25)47-5)39-34(45)30-13-6-12-27(38-30)28-17-18-37-41-28/h6,11-13,15-18,22,24,33H,7-10,14,19-21,23H2,1-5H3,(H,37,41)(H,39,45)(H,40,44). The van der Waals surface area contributed by atoms with Crippen LogP contribution in [-0.2, 0) is 9.59 Å². The molecule has 0 saturated carbocycles. The van der Waals surface area contributed by atoms with E-state index >= 15 is 0 Å². The number of likely N-dealkylation sites (tertiary alicyclic amines) is 1. The van der Waals surface area contributed by atoms with Crippen molar-refractivity contribution >= 4 is 29.0 Å². The molecule has 0 aliphatic carbocycles. The Balaban J connectivity index is 1.15. The van der Waals surface area contributed by atoms with E-state index in [0.29, 0.717) is 30.0 Å². The van der Waals surface area contributed by atoms with Gasteiger partial charge in [0, 0.05) is 38.3 Å². The van der Waals surface area contributed by atoms with Crippen LogP contribution in [0.5, 0.6) is 5.75 Å². The van der Waals surface area contributed by atoms with E-state index in [2.05, 4.69) is 43.7 Å². The predicted molar refractivity (Wildman–Crippen MR) is 183 cm³/mol. The molecule has 2 aliphatic heterocycles. The number of carbonyl (C=O) groups is 3. The molecule has 2 aliphatic rings. The first-order valence-corrected chi connectivity index (χ1v) is 16.5. The highest BCUT2D eigenvalue weighted by atomic mass is 16.5. The molecule has 11 heteroatoms. The zero-order chi connectivity index (χ0) is 33.6. The van der Waals surface area contributed by atoms with E-state index in [1.165, 1.54) is 5.57 Å². The lowest BCUT2D eigenvalue weighted by molar-refractivity contribution is -0.140. The molecule has 2 aromatic heterocycles. The summed E-state index contributed by atoms with van der Waals surface area (Å²) in [6, 6.07) is 12.5. The van der Waals surface area contributed by atoms with Crippen molar-refractivity contribution in [2.24, 2.45) is 5.41 Å². The van der Waals surface area contributed by atoms with Gasteiger partial charge in [-0.2, -0.15) is 5.10 Å². The third-order valence-corrected chi connectivity index (χ3v) is 8.94. The lowest BCUT2D eigenvalue weighted by atomic mass is 9.85. The number of aromatic nitrogens is 3. The zero-order valence-corrected chi connectivity index (χ0v) is 28.1. The summed E-state index contributed by atoms with van der Waals surface area (Å²) in [5.74, 6) is 0.164. The van der Waals surface area contributed by atoms with Crippen LogP contribution in [0.3, 0.4) is 0 Å². The molecule has 11 nitrogen and oxygen atoms in total. The quantitative estimate of drug-likeness (QED) is 0.264. The van der Waals surface area contributed by atoms with Gasteiger partial charge in [-0.15, -0.1) is 0 Å². The zero-order valence-electron chi connectivity index (χ0n) is 28.1. The number of H-pyrrole nitrogens is 1. The number of ether oxygens (including phenoxy) is 1. The number of aromatic amines is 1. The van der Waals surface area contributed by atoms with E-state index in [4.69, 9.17) is 4.74 Å². The van der Waals surface area contributed by atoms with Gasteiger partial charge in [0.05, 0.1) is 24.2 Å². The van der Waals surface area contributed by atoms with Gasteiger partial charge in [0.15, 0.2) is 0 Å². The van der Waals surface area contributed by atoms with Crippen LogP contribution in [0.1, 0.15) is 75.9 Å². The van der Waals surface area contributed by atoms with Crippen molar-refractivity contribution in [1.82, 2.24) is 30.3 Å². The van der Waals surface area contributed by atoms with Gasteiger partial charge in [0.2, 0.25) is 11.8 Å². The normalized spacial score (nSPS) is 17.6. The second-order valence-corrected chi connectivity index (χ2v) is 13.5. The van der Waals surface area contributed by atoms with Crippen molar-refractivity contribution in [3.8, 4) is 17.1 Å². The Morgan fingerprint density at radius 2 is 1.96 bits per heavy atom. The summed E-state index contributed by atoms with van der Waals surface area (Å²) in [6.07, 6.45) is 7.87. The number of nitrogens with zero attached hydrogens (tertiary/aromatic N) is 4. The monoisotopic (exact) mass is 641 g/mol. The maximum atomic E-state index is 13.3. The Bertz CT molecular complexity index is 1590. The molecule has 3 N–H and O–H groups in total. The van der Waals surface area contributed by atoms with Crippen LogP contribution in [0.2, 0.25) is 0 Å². The first-order valence-electron chi connectivity index (χ1n) is 16.5. The average molecular weight is 642 g/mol. The van der Waals surface area contributed by atoms with Crippen molar-refractivity contribution in [3.63, 3.8) is 0 Å². The highest BCUT2D eigenvalue weighted by Crippen LogP contribution is 2.31. The van der Waals surface area contributed by atoms with Gasteiger partial charge < -0.3 is 20.3 Å². The average Bonchev–Trinajstić information content (AvgIpc) is 3.76. The van der Waals surface area contributed by atoms with Gasteiger partial charge in [-0.25, -0.2) is 4.98 Å². The second kappa shape index (κ2) is 14.9. The molecule has 1 fully saturated rings. The van der Waals surface area contributed by atoms with Crippen molar-refractivity contribution in [3.05, 3.63) is 66.0 Å². The summed E-state index contributed by atoms with van der Waals surface area (Å²) in [5, 5.41) is 12.8. The Labute approximate surface area is 277 Å². The minimum Gasteiger partial charge on any atom is -0.495 e. The second-order valence-electron chi connectivity index (χ2n) is 13.5. The van der Waals surface area contributed by atoms with Crippen LogP contribution in [0, 0.1) is 5.41 Å². The van der Waals surface area contributed by atoms with Gasteiger partial charge in [0.1, 0.15) is 17.5 Å². The molecule has 1 saturated heterocycles. The van der Waals surface area contributed by atoms with Crippen molar-refractivity contribution in [2.75, 3.05) is 38.6 Å². The van der Waals surface area contributed by atoms with E-state index in [0.717, 1.165) is 56.7 Å². The molecule has 0 radical (unpaired) electrons. The minimum atomic E-state index is -0.536. The van der Waals surface area contributed by atoms with Crippen molar-refractivity contribution in [2.45, 2.75) is 71.9 Å². The van der Waals surface area contributed by atoms with Gasteiger partial charge in [0.25, 0.3) is 5.91 Å². The van der Waals surface area contributed by atoms with Gasteiger partial charge >= 0.3 is 0 Å². The molecule has 3 aromatic rings. The van der Waals surface area contributed by atoms with Gasteiger partial charge in [-0.05, 0) is 86.0 Å². The Kier molecular flexibility index (Phi) is 10.8. The number of benzene rings is 1. The molecule has 2 atom stereocenters. The fourth-order valence-electron chi connectivity index (χ4n) is 6.27. The van der Waals surface area contributed by atoms with Gasteiger partial charge in [-0.3, -0.25) is 24.4 Å². The third kappa shape index (κ3) is 8.45. The maximum Gasteiger partial charge on any atom is 0.274 e. The Hall–Kier alpha value is -4.51. The lowest BCUT2D eigenvalue weighted by Gasteiger charge is -2.35. The number of nitrogens with one attached hydrogen (secondary N) is 3. The molecule has 0 spiro atoms. The van der Waals surface area contributed by atoms with Crippen LogP contribution in [0.4, 0.5) is 5.69 Å². The maximum absolute atomic E-state index is 13.3. The van der Waals surface area contributed by atoms with Gasteiger partial charge in [-0.1, -0.05) is 39.0 Å². The number of methoxy groups -OCH3 is 1. The van der Waals surface area contributed by atoms with E-state index in [-0.39, 0.29) is 34.9 Å². The number of carbonyl (C=O) groups excluding carboxylic acids is 3. The summed E-state index contributed by atoms with van der Waals surface area (Å²) in [7, 11) is 1.59. The van der Waals surface area contributed by atoms with Crippen LogP contribution in [-0.4, -0.2) is 88.1 Å². The Morgan fingerprint density at radius 1 is 1.13 bits per heavy atom. The van der Waals surface area contributed by atoms with Crippen LogP contribution in [0.15, 0.2) is 54.7 Å².